The van der Waals surface area contributed by atoms with Crippen molar-refractivity contribution in [1.82, 2.24) is 14.5 Å². The molecule has 3 aromatic rings. The molecule has 0 amide bonds. The molecule has 0 fully saturated rings. The van der Waals surface area contributed by atoms with Gasteiger partial charge < -0.3 is 9.84 Å². The molecule has 0 aliphatic carbocycles. The molecule has 2 aromatic heterocycles. The van der Waals surface area contributed by atoms with Crippen molar-refractivity contribution in [2.75, 3.05) is 12.4 Å². The molecule has 0 saturated carbocycles. The van der Waals surface area contributed by atoms with Gasteiger partial charge in [-0.15, -0.1) is 0 Å². The zero-order valence-corrected chi connectivity index (χ0v) is 12.0. The fourth-order valence-electron chi connectivity index (χ4n) is 1.92. The van der Waals surface area contributed by atoms with Gasteiger partial charge in [0.25, 0.3) is 5.89 Å². The molecule has 1 aromatic carbocycles. The Hall–Kier alpha value is -2.35. The summed E-state index contributed by atoms with van der Waals surface area (Å²) in [4.78, 5) is 4.19. The molecule has 1 N–H and O–H groups in total. The lowest BCUT2D eigenvalue weighted by Crippen LogP contribution is -1.89. The second-order valence-electron chi connectivity index (χ2n) is 4.30. The van der Waals surface area contributed by atoms with Gasteiger partial charge in [0.2, 0.25) is 5.82 Å². The summed E-state index contributed by atoms with van der Waals surface area (Å²) in [6.45, 7) is 1.82. The van der Waals surface area contributed by atoms with Crippen molar-refractivity contribution in [1.29, 1.82) is 0 Å². The summed E-state index contributed by atoms with van der Waals surface area (Å²) >= 11 is 1.27. The van der Waals surface area contributed by atoms with Crippen LogP contribution in [0.5, 0.6) is 0 Å². The van der Waals surface area contributed by atoms with Crippen LogP contribution in [0.15, 0.2) is 22.7 Å². The van der Waals surface area contributed by atoms with Gasteiger partial charge in [-0.2, -0.15) is 9.36 Å². The van der Waals surface area contributed by atoms with Gasteiger partial charge in [-0.3, -0.25) is 0 Å². The zero-order valence-electron chi connectivity index (χ0n) is 11.1. The summed E-state index contributed by atoms with van der Waals surface area (Å²) in [7, 11) is 1.76. The van der Waals surface area contributed by atoms with Crippen LogP contribution in [-0.2, 0) is 0 Å². The molecule has 108 valence electrons. The Kier molecular flexibility index (Phi) is 3.38. The molecule has 0 unspecified atom stereocenters. The highest BCUT2D eigenvalue weighted by Crippen LogP contribution is 2.34. The van der Waals surface area contributed by atoms with E-state index in [1.54, 1.807) is 7.05 Å². The third kappa shape index (κ3) is 2.49. The van der Waals surface area contributed by atoms with Gasteiger partial charge in [0, 0.05) is 18.7 Å². The molecule has 0 saturated heterocycles. The first kappa shape index (κ1) is 13.6. The first-order valence-electron chi connectivity index (χ1n) is 6.03. The number of rotatable bonds is 3. The molecule has 8 heteroatoms. The van der Waals surface area contributed by atoms with Crippen molar-refractivity contribution in [3.63, 3.8) is 0 Å². The summed E-state index contributed by atoms with van der Waals surface area (Å²) in [5.74, 6) is -1.01. The summed E-state index contributed by atoms with van der Waals surface area (Å²) in [5, 5.41) is 7.55. The van der Waals surface area contributed by atoms with Crippen LogP contribution in [0.3, 0.4) is 0 Å². The van der Waals surface area contributed by atoms with Gasteiger partial charge in [-0.25, -0.2) is 8.78 Å². The monoisotopic (exact) mass is 308 g/mol. The predicted octanol–water partition coefficient (Wildman–Crippen LogP) is 3.49. The number of aromatic nitrogens is 3. The molecule has 0 aliphatic heterocycles. The third-order valence-electron chi connectivity index (χ3n) is 2.85. The molecule has 5 nitrogen and oxygen atoms in total. The van der Waals surface area contributed by atoms with Crippen LogP contribution < -0.4 is 5.32 Å². The van der Waals surface area contributed by atoms with Crippen LogP contribution in [0, 0.1) is 18.6 Å². The third-order valence-corrected chi connectivity index (χ3v) is 3.81. The molecule has 0 spiro atoms. The van der Waals surface area contributed by atoms with Gasteiger partial charge in [-0.1, -0.05) is 5.16 Å². The molecule has 21 heavy (non-hydrogen) atoms. The lowest BCUT2D eigenvalue weighted by Gasteiger charge is -1.97. The van der Waals surface area contributed by atoms with Crippen LogP contribution in [0.25, 0.3) is 22.8 Å². The van der Waals surface area contributed by atoms with Crippen molar-refractivity contribution >= 4 is 16.5 Å². The Morgan fingerprint density at radius 2 is 1.90 bits per heavy atom. The molecular formula is C13H10F2N4OS. The minimum Gasteiger partial charge on any atom is -0.378 e. The topological polar surface area (TPSA) is 63.8 Å². The van der Waals surface area contributed by atoms with E-state index < -0.39 is 11.6 Å². The summed E-state index contributed by atoms with van der Waals surface area (Å²) in [5.41, 5.74) is 1.65. The van der Waals surface area contributed by atoms with Gasteiger partial charge in [0.15, 0.2) is 0 Å². The molecule has 0 bridgehead atoms. The van der Waals surface area contributed by atoms with Crippen molar-refractivity contribution in [2.24, 2.45) is 0 Å². The van der Waals surface area contributed by atoms with Gasteiger partial charge in [0.05, 0.1) is 11.3 Å². The maximum absolute atomic E-state index is 13.2. The summed E-state index contributed by atoms with van der Waals surface area (Å²) in [6, 6.07) is 3.08. The number of benzene rings is 1. The molecule has 0 aliphatic rings. The molecular weight excluding hydrogens is 298 g/mol. The Labute approximate surface area is 122 Å². The lowest BCUT2D eigenvalue weighted by atomic mass is 10.2. The summed E-state index contributed by atoms with van der Waals surface area (Å²) in [6.07, 6.45) is 0. The van der Waals surface area contributed by atoms with E-state index in [-0.39, 0.29) is 17.3 Å². The molecule has 0 radical (unpaired) electrons. The van der Waals surface area contributed by atoms with E-state index in [4.69, 9.17) is 4.52 Å². The average Bonchev–Trinajstić information content (AvgIpc) is 3.03. The fourth-order valence-corrected chi connectivity index (χ4v) is 2.65. The lowest BCUT2D eigenvalue weighted by molar-refractivity contribution is 0.432. The molecule has 2 heterocycles. The highest BCUT2D eigenvalue weighted by atomic mass is 32.1. The minimum absolute atomic E-state index is 0.121. The minimum atomic E-state index is -0.694. The Balaban J connectivity index is 2.05. The standard InChI is InChI=1S/C13H10F2N4OS/c1-6-10(13(16-2)21-19-6)12-17-11(18-20-12)7-3-8(14)5-9(15)4-7/h3-5,16H,1-2H3. The quantitative estimate of drug-likeness (QED) is 0.802. The molecule has 0 atom stereocenters. The van der Waals surface area contributed by atoms with Crippen molar-refractivity contribution in [2.45, 2.75) is 6.92 Å². The number of hydrogen-bond donors (Lipinski definition) is 1. The van der Waals surface area contributed by atoms with Crippen LogP contribution in [-0.4, -0.2) is 21.6 Å². The normalized spacial score (nSPS) is 10.9. The predicted molar refractivity (Wildman–Crippen MR) is 75.0 cm³/mol. The maximum atomic E-state index is 13.2. The first-order chi connectivity index (χ1) is 10.1. The number of aryl methyl sites for hydroxylation is 1. The van der Waals surface area contributed by atoms with E-state index >= 15 is 0 Å². The van der Waals surface area contributed by atoms with Gasteiger partial charge in [-0.05, 0) is 30.6 Å². The van der Waals surface area contributed by atoms with Crippen LogP contribution in [0.1, 0.15) is 5.69 Å². The highest BCUT2D eigenvalue weighted by molar-refractivity contribution is 7.10. The first-order valence-corrected chi connectivity index (χ1v) is 6.80. The number of nitrogens with one attached hydrogen (secondary N) is 1. The maximum Gasteiger partial charge on any atom is 0.263 e. The van der Waals surface area contributed by atoms with Crippen molar-refractivity contribution in [3.8, 4) is 22.8 Å². The summed E-state index contributed by atoms with van der Waals surface area (Å²) < 4.78 is 35.9. The van der Waals surface area contributed by atoms with Crippen LogP contribution in [0.2, 0.25) is 0 Å². The Morgan fingerprint density at radius 1 is 1.19 bits per heavy atom. The number of nitrogens with zero attached hydrogens (tertiary/aromatic N) is 3. The smallest absolute Gasteiger partial charge is 0.263 e. The average molecular weight is 308 g/mol. The zero-order chi connectivity index (χ0) is 15.0. The van der Waals surface area contributed by atoms with Crippen LogP contribution >= 0.6 is 11.5 Å². The van der Waals surface area contributed by atoms with E-state index in [2.05, 4.69) is 19.8 Å². The second-order valence-corrected chi connectivity index (χ2v) is 5.08. The SMILES string of the molecule is CNc1snc(C)c1-c1nc(-c2cc(F)cc(F)c2)no1. The number of anilines is 1. The Morgan fingerprint density at radius 3 is 2.57 bits per heavy atom. The molecule has 3 rings (SSSR count). The van der Waals surface area contributed by atoms with Gasteiger partial charge >= 0.3 is 0 Å². The fraction of sp³-hybridized carbons (Fsp3) is 0.154. The number of halogens is 2. The highest BCUT2D eigenvalue weighted by Gasteiger charge is 2.19. The van der Waals surface area contributed by atoms with E-state index in [1.165, 1.54) is 11.5 Å². The van der Waals surface area contributed by atoms with Gasteiger partial charge in [0.1, 0.15) is 16.6 Å². The second kappa shape index (κ2) is 5.21. The van der Waals surface area contributed by atoms with Crippen LogP contribution in [0.4, 0.5) is 13.8 Å². The van der Waals surface area contributed by atoms with Crippen molar-refractivity contribution < 1.29 is 13.3 Å². The van der Waals surface area contributed by atoms with E-state index in [1.807, 2.05) is 6.92 Å². The number of hydrogen-bond acceptors (Lipinski definition) is 6. The Bertz CT molecular complexity index is 779. The van der Waals surface area contributed by atoms with E-state index in [0.29, 0.717) is 5.56 Å². The van der Waals surface area contributed by atoms with Crippen molar-refractivity contribution in [3.05, 3.63) is 35.5 Å². The van der Waals surface area contributed by atoms with E-state index in [0.717, 1.165) is 28.9 Å². The van der Waals surface area contributed by atoms with E-state index in [9.17, 15) is 8.78 Å². The largest absolute Gasteiger partial charge is 0.378 e.